The van der Waals surface area contributed by atoms with E-state index in [0.29, 0.717) is 35.0 Å². The number of rotatable bonds is 7. The van der Waals surface area contributed by atoms with Crippen LogP contribution in [0.1, 0.15) is 59.7 Å². The molecule has 2 heterocycles. The van der Waals surface area contributed by atoms with Crippen molar-refractivity contribution in [3.8, 4) is 0 Å². The summed E-state index contributed by atoms with van der Waals surface area (Å²) >= 11 is 0. The van der Waals surface area contributed by atoms with E-state index in [4.69, 9.17) is 15.9 Å². The second-order valence-corrected chi connectivity index (χ2v) is 9.42. The highest BCUT2D eigenvalue weighted by atomic mass is 16.5. The van der Waals surface area contributed by atoms with Crippen molar-refractivity contribution in [3.63, 3.8) is 0 Å². The monoisotopic (exact) mass is 486 g/mol. The molecule has 8 heteroatoms. The molecule has 0 radical (unpaired) electrons. The van der Waals surface area contributed by atoms with Crippen LogP contribution in [0.3, 0.4) is 0 Å². The Balaban J connectivity index is 1.50. The van der Waals surface area contributed by atoms with Crippen molar-refractivity contribution in [3.05, 3.63) is 77.0 Å². The zero-order valence-electron chi connectivity index (χ0n) is 21.0. The molecular formula is C28H34N6O2. The standard InChI is InChI=1S/C28H34N6O2/c1-17(2)23-10-9-21(14-18(23)3)34-28(35)19-6-4-7-20(15-19)33-24-11-13-32-26(29)25(24)27(30)36-22-8-5-12-31-16-22/h4,6-7,9-11,13-15,17,22,30-31H,5,8,12,16H2,1-3H3,(H,34,35)(H3,29,32,33). The second kappa shape index (κ2) is 11.2. The molecule has 6 N–H and O–H groups in total. The van der Waals surface area contributed by atoms with Gasteiger partial charge in [0.2, 0.25) is 5.90 Å². The van der Waals surface area contributed by atoms with Crippen molar-refractivity contribution in [2.75, 3.05) is 29.5 Å². The maximum atomic E-state index is 13.0. The van der Waals surface area contributed by atoms with Crippen LogP contribution in [-0.4, -0.2) is 36.0 Å². The number of hydrogen-bond donors (Lipinski definition) is 5. The van der Waals surface area contributed by atoms with Crippen LogP contribution in [0, 0.1) is 12.3 Å². The molecule has 4 rings (SSSR count). The Hall–Kier alpha value is -3.91. The second-order valence-electron chi connectivity index (χ2n) is 9.42. The Bertz CT molecular complexity index is 1250. The fraction of sp³-hybridized carbons (Fsp3) is 0.321. The molecule has 0 saturated carbocycles. The smallest absolute Gasteiger partial charge is 0.255 e. The first-order valence-electron chi connectivity index (χ1n) is 12.3. The minimum absolute atomic E-state index is 0.0223. The summed E-state index contributed by atoms with van der Waals surface area (Å²) in [5.41, 5.74) is 11.5. The van der Waals surface area contributed by atoms with Crippen molar-refractivity contribution < 1.29 is 9.53 Å². The first-order valence-corrected chi connectivity index (χ1v) is 12.3. The quantitative estimate of drug-likeness (QED) is 0.231. The summed E-state index contributed by atoms with van der Waals surface area (Å²) in [5.74, 6) is 0.412. The Morgan fingerprint density at radius 3 is 2.75 bits per heavy atom. The van der Waals surface area contributed by atoms with Gasteiger partial charge in [0.25, 0.3) is 5.91 Å². The topological polar surface area (TPSA) is 125 Å². The summed E-state index contributed by atoms with van der Waals surface area (Å²) in [6.45, 7) is 8.02. The average Bonchev–Trinajstić information content (AvgIpc) is 2.84. The third-order valence-corrected chi connectivity index (χ3v) is 6.30. The first-order chi connectivity index (χ1) is 17.3. The molecule has 0 aliphatic carbocycles. The predicted molar refractivity (Wildman–Crippen MR) is 145 cm³/mol. The van der Waals surface area contributed by atoms with Crippen LogP contribution in [0.25, 0.3) is 0 Å². The number of nitrogens with two attached hydrogens (primary N) is 1. The number of carbonyl (C=O) groups excluding carboxylic acids is 1. The summed E-state index contributed by atoms with van der Waals surface area (Å²) in [6.07, 6.45) is 3.39. The molecule has 2 aromatic carbocycles. The van der Waals surface area contributed by atoms with Crippen molar-refractivity contribution in [2.24, 2.45) is 0 Å². The number of benzene rings is 2. The molecule has 188 valence electrons. The molecular weight excluding hydrogens is 452 g/mol. The SMILES string of the molecule is Cc1cc(NC(=O)c2cccc(Nc3ccnc(N)c3C(=N)OC3CCCNC3)c2)ccc1C(C)C. The average molecular weight is 487 g/mol. The van der Waals surface area contributed by atoms with Crippen LogP contribution in [0.2, 0.25) is 0 Å². The van der Waals surface area contributed by atoms with Gasteiger partial charge in [0.05, 0.1) is 5.69 Å². The molecule has 0 bridgehead atoms. The molecule has 1 amide bonds. The maximum absolute atomic E-state index is 13.0. The summed E-state index contributed by atoms with van der Waals surface area (Å²) in [6, 6.07) is 14.9. The molecule has 1 fully saturated rings. The van der Waals surface area contributed by atoms with Gasteiger partial charge in [-0.15, -0.1) is 0 Å². The van der Waals surface area contributed by atoms with E-state index in [0.717, 1.165) is 30.6 Å². The molecule has 1 unspecified atom stereocenters. The molecule has 1 aliphatic heterocycles. The molecule has 0 spiro atoms. The third kappa shape index (κ3) is 6.01. The summed E-state index contributed by atoms with van der Waals surface area (Å²) < 4.78 is 5.89. The van der Waals surface area contributed by atoms with E-state index in [1.807, 2.05) is 24.3 Å². The Morgan fingerprint density at radius 1 is 1.19 bits per heavy atom. The number of nitrogens with zero attached hydrogens (tertiary/aromatic N) is 1. The number of carbonyl (C=O) groups is 1. The van der Waals surface area contributed by atoms with E-state index in [1.54, 1.807) is 24.4 Å². The Morgan fingerprint density at radius 2 is 2.03 bits per heavy atom. The zero-order valence-corrected chi connectivity index (χ0v) is 21.0. The number of anilines is 4. The van der Waals surface area contributed by atoms with Gasteiger partial charge >= 0.3 is 0 Å². The number of nitrogens with one attached hydrogen (secondary N) is 4. The minimum atomic E-state index is -0.203. The lowest BCUT2D eigenvalue weighted by Gasteiger charge is -2.25. The van der Waals surface area contributed by atoms with Gasteiger partial charge in [-0.05, 0) is 79.8 Å². The number of aromatic nitrogens is 1. The van der Waals surface area contributed by atoms with Crippen molar-refractivity contribution in [1.82, 2.24) is 10.3 Å². The fourth-order valence-electron chi connectivity index (χ4n) is 4.46. The molecule has 1 atom stereocenters. The first kappa shape index (κ1) is 25.2. The zero-order chi connectivity index (χ0) is 25.7. The van der Waals surface area contributed by atoms with Crippen LogP contribution >= 0.6 is 0 Å². The maximum Gasteiger partial charge on any atom is 0.255 e. The van der Waals surface area contributed by atoms with Gasteiger partial charge in [-0.3, -0.25) is 10.2 Å². The van der Waals surface area contributed by atoms with E-state index >= 15 is 0 Å². The van der Waals surface area contributed by atoms with Crippen LogP contribution < -0.4 is 21.7 Å². The number of amides is 1. The molecule has 1 aliphatic rings. The number of aryl methyl sites for hydroxylation is 1. The lowest BCUT2D eigenvalue weighted by atomic mass is 9.97. The van der Waals surface area contributed by atoms with Gasteiger partial charge in [0.1, 0.15) is 17.5 Å². The van der Waals surface area contributed by atoms with Crippen LogP contribution in [0.5, 0.6) is 0 Å². The molecule has 1 saturated heterocycles. The minimum Gasteiger partial charge on any atom is -0.473 e. The Kier molecular flexibility index (Phi) is 7.85. The molecule has 8 nitrogen and oxygen atoms in total. The van der Waals surface area contributed by atoms with Gasteiger partial charge in [-0.2, -0.15) is 0 Å². The molecule has 1 aromatic heterocycles. The number of nitrogen functional groups attached to an aromatic ring is 1. The van der Waals surface area contributed by atoms with E-state index in [1.165, 1.54) is 5.56 Å². The van der Waals surface area contributed by atoms with Crippen molar-refractivity contribution in [1.29, 1.82) is 5.41 Å². The molecule has 3 aromatic rings. The molecule has 36 heavy (non-hydrogen) atoms. The highest BCUT2D eigenvalue weighted by Crippen LogP contribution is 2.27. The lowest BCUT2D eigenvalue weighted by Crippen LogP contribution is -2.36. The number of hydrogen-bond acceptors (Lipinski definition) is 7. The van der Waals surface area contributed by atoms with Gasteiger partial charge < -0.3 is 26.4 Å². The van der Waals surface area contributed by atoms with Gasteiger partial charge in [0, 0.05) is 29.7 Å². The van der Waals surface area contributed by atoms with Crippen molar-refractivity contribution >= 4 is 34.7 Å². The number of piperidine rings is 1. The number of ether oxygens (including phenoxy) is 1. The summed E-state index contributed by atoms with van der Waals surface area (Å²) in [5, 5.41) is 18.1. The van der Waals surface area contributed by atoms with Gasteiger partial charge in [-0.25, -0.2) is 4.98 Å². The number of pyridine rings is 1. The highest BCUT2D eigenvalue weighted by Gasteiger charge is 2.21. The Labute approximate surface area is 212 Å². The van der Waals surface area contributed by atoms with E-state index in [-0.39, 0.29) is 23.7 Å². The van der Waals surface area contributed by atoms with E-state index in [2.05, 4.69) is 47.8 Å². The van der Waals surface area contributed by atoms with Crippen LogP contribution in [0.15, 0.2) is 54.7 Å². The largest absolute Gasteiger partial charge is 0.473 e. The summed E-state index contributed by atoms with van der Waals surface area (Å²) in [4.78, 5) is 17.1. The fourth-order valence-corrected chi connectivity index (χ4v) is 4.46. The van der Waals surface area contributed by atoms with Gasteiger partial charge in [-0.1, -0.05) is 26.0 Å². The van der Waals surface area contributed by atoms with Gasteiger partial charge in [0.15, 0.2) is 0 Å². The van der Waals surface area contributed by atoms with Crippen LogP contribution in [0.4, 0.5) is 22.9 Å². The van der Waals surface area contributed by atoms with E-state index in [9.17, 15) is 4.79 Å². The lowest BCUT2D eigenvalue weighted by molar-refractivity contribution is 0.102. The normalized spacial score (nSPS) is 15.4. The van der Waals surface area contributed by atoms with Crippen molar-refractivity contribution in [2.45, 2.75) is 45.6 Å². The third-order valence-electron chi connectivity index (χ3n) is 6.30. The van der Waals surface area contributed by atoms with Crippen LogP contribution in [-0.2, 0) is 4.74 Å². The predicted octanol–water partition coefficient (Wildman–Crippen LogP) is 5.19. The highest BCUT2D eigenvalue weighted by molar-refractivity contribution is 6.05. The van der Waals surface area contributed by atoms with E-state index < -0.39 is 0 Å². The summed E-state index contributed by atoms with van der Waals surface area (Å²) in [7, 11) is 0.